The number of halogens is 3. The van der Waals surface area contributed by atoms with Crippen LogP contribution in [0.25, 0.3) is 0 Å². The van der Waals surface area contributed by atoms with Crippen LogP contribution in [0.5, 0.6) is 11.5 Å². The summed E-state index contributed by atoms with van der Waals surface area (Å²) < 4.78 is 46.0. The molecular weight excluding hydrogens is 427 g/mol. The number of nitrogens with zero attached hydrogens (tertiary/aromatic N) is 3. The van der Waals surface area contributed by atoms with Crippen LogP contribution in [-0.2, 0) is 9.59 Å². The van der Waals surface area contributed by atoms with Crippen molar-refractivity contribution in [2.75, 3.05) is 43.1 Å². The summed E-state index contributed by atoms with van der Waals surface area (Å²) >= 11 is 0. The minimum Gasteiger partial charge on any atom is -0.497 e. The van der Waals surface area contributed by atoms with E-state index >= 15 is 0 Å². The highest BCUT2D eigenvalue weighted by Crippen LogP contribution is 2.30. The van der Waals surface area contributed by atoms with E-state index < -0.39 is 18.2 Å². The first kappa shape index (κ1) is 21.9. The third-order valence-electron chi connectivity index (χ3n) is 5.64. The number of rotatable bonds is 5. The van der Waals surface area contributed by atoms with Gasteiger partial charge in [0.05, 0.1) is 25.3 Å². The Bertz CT molecular complexity index is 971. The van der Waals surface area contributed by atoms with E-state index in [4.69, 9.17) is 4.74 Å². The smallest absolute Gasteiger partial charge is 0.497 e. The first-order valence-corrected chi connectivity index (χ1v) is 10.1. The molecule has 2 aliphatic heterocycles. The average Bonchev–Trinajstić information content (AvgIpc) is 3.07. The van der Waals surface area contributed by atoms with E-state index in [1.54, 1.807) is 7.11 Å². The monoisotopic (exact) mass is 449 g/mol. The first-order valence-electron chi connectivity index (χ1n) is 10.1. The van der Waals surface area contributed by atoms with E-state index in [-0.39, 0.29) is 23.9 Å². The van der Waals surface area contributed by atoms with Gasteiger partial charge in [-0.2, -0.15) is 0 Å². The van der Waals surface area contributed by atoms with Gasteiger partial charge in [0.2, 0.25) is 5.91 Å². The fourth-order valence-electron chi connectivity index (χ4n) is 4.05. The van der Waals surface area contributed by atoms with Gasteiger partial charge in [0, 0.05) is 31.9 Å². The number of amides is 2. The van der Waals surface area contributed by atoms with Crippen molar-refractivity contribution >= 4 is 23.2 Å². The molecule has 2 fully saturated rings. The molecule has 1 unspecified atom stereocenters. The lowest BCUT2D eigenvalue weighted by Crippen LogP contribution is -2.52. The Morgan fingerprint density at radius 2 is 1.41 bits per heavy atom. The van der Waals surface area contributed by atoms with Crippen molar-refractivity contribution in [1.29, 1.82) is 0 Å². The molecule has 0 bridgehead atoms. The third-order valence-corrected chi connectivity index (χ3v) is 5.64. The zero-order valence-corrected chi connectivity index (χ0v) is 17.3. The highest BCUT2D eigenvalue weighted by atomic mass is 19.4. The zero-order valence-electron chi connectivity index (χ0n) is 17.3. The number of benzene rings is 2. The summed E-state index contributed by atoms with van der Waals surface area (Å²) in [5, 5.41) is 0. The maximum absolute atomic E-state index is 13.0. The van der Waals surface area contributed by atoms with E-state index in [1.165, 1.54) is 12.1 Å². The van der Waals surface area contributed by atoms with Crippen molar-refractivity contribution in [3.63, 3.8) is 0 Å². The Morgan fingerprint density at radius 1 is 0.844 bits per heavy atom. The fraction of sp³-hybridized carbons (Fsp3) is 0.364. The fourth-order valence-corrected chi connectivity index (χ4v) is 4.05. The van der Waals surface area contributed by atoms with E-state index in [2.05, 4.69) is 9.64 Å². The molecule has 7 nitrogen and oxygen atoms in total. The van der Waals surface area contributed by atoms with E-state index in [9.17, 15) is 22.8 Å². The predicted octanol–water partition coefficient (Wildman–Crippen LogP) is 3.05. The van der Waals surface area contributed by atoms with Gasteiger partial charge in [-0.3, -0.25) is 14.5 Å². The number of piperazine rings is 1. The van der Waals surface area contributed by atoms with Crippen molar-refractivity contribution in [1.82, 2.24) is 4.90 Å². The summed E-state index contributed by atoms with van der Waals surface area (Å²) in [6, 6.07) is 11.9. The van der Waals surface area contributed by atoms with E-state index in [0.29, 0.717) is 26.2 Å². The second-order valence-corrected chi connectivity index (χ2v) is 7.55. The molecule has 170 valence electrons. The van der Waals surface area contributed by atoms with Gasteiger partial charge in [0.25, 0.3) is 5.91 Å². The quantitative estimate of drug-likeness (QED) is 0.654. The number of carbonyl (C=O) groups excluding carboxylic acids is 2. The van der Waals surface area contributed by atoms with Crippen LogP contribution in [-0.4, -0.2) is 62.4 Å². The summed E-state index contributed by atoms with van der Waals surface area (Å²) in [6.45, 7) is 2.63. The van der Waals surface area contributed by atoms with Crippen LogP contribution >= 0.6 is 0 Å². The number of alkyl halides is 3. The summed E-state index contributed by atoms with van der Waals surface area (Å²) in [5.41, 5.74) is 1.29. The van der Waals surface area contributed by atoms with Crippen molar-refractivity contribution in [3.05, 3.63) is 48.5 Å². The number of hydrogen-bond donors (Lipinski definition) is 0. The predicted molar refractivity (Wildman–Crippen MR) is 111 cm³/mol. The number of anilines is 2. The normalized spacial score (nSPS) is 20.1. The molecule has 2 amide bonds. The van der Waals surface area contributed by atoms with Gasteiger partial charge >= 0.3 is 6.36 Å². The molecule has 2 heterocycles. The Labute approximate surface area is 182 Å². The van der Waals surface area contributed by atoms with Gasteiger partial charge in [-0.15, -0.1) is 13.2 Å². The third kappa shape index (κ3) is 4.64. The van der Waals surface area contributed by atoms with E-state index in [1.807, 2.05) is 29.2 Å². The summed E-state index contributed by atoms with van der Waals surface area (Å²) in [6.07, 6.45) is -4.76. The van der Waals surface area contributed by atoms with Crippen molar-refractivity contribution in [2.45, 2.75) is 18.8 Å². The molecule has 0 aromatic heterocycles. The van der Waals surface area contributed by atoms with Crippen LogP contribution in [0.15, 0.2) is 48.5 Å². The van der Waals surface area contributed by atoms with Crippen molar-refractivity contribution < 1.29 is 32.2 Å². The van der Waals surface area contributed by atoms with Crippen molar-refractivity contribution in [2.24, 2.45) is 0 Å². The van der Waals surface area contributed by atoms with Crippen LogP contribution in [0.2, 0.25) is 0 Å². The Kier molecular flexibility index (Phi) is 5.96. The van der Waals surface area contributed by atoms with Gasteiger partial charge in [-0.1, -0.05) is 0 Å². The second kappa shape index (κ2) is 8.70. The maximum Gasteiger partial charge on any atom is 0.573 e. The molecule has 2 aliphatic rings. The number of carbonyl (C=O) groups is 2. The molecule has 32 heavy (non-hydrogen) atoms. The summed E-state index contributed by atoms with van der Waals surface area (Å²) in [4.78, 5) is 30.7. The van der Waals surface area contributed by atoms with Gasteiger partial charge in [0.15, 0.2) is 0 Å². The van der Waals surface area contributed by atoms with Gasteiger partial charge in [-0.05, 0) is 48.5 Å². The highest BCUT2D eigenvalue weighted by Gasteiger charge is 2.43. The summed E-state index contributed by atoms with van der Waals surface area (Å²) in [5.74, 6) is -0.369. The lowest BCUT2D eigenvalue weighted by Gasteiger charge is -2.38. The van der Waals surface area contributed by atoms with Gasteiger partial charge in [0.1, 0.15) is 11.5 Å². The van der Waals surface area contributed by atoms with Crippen LogP contribution in [0, 0.1) is 0 Å². The molecule has 0 saturated carbocycles. The molecule has 0 N–H and O–H groups in total. The number of ether oxygens (including phenoxy) is 2. The van der Waals surface area contributed by atoms with Gasteiger partial charge in [-0.25, -0.2) is 4.90 Å². The molecular formula is C22H22F3N3O4. The average molecular weight is 449 g/mol. The Hall–Kier alpha value is -3.27. The Morgan fingerprint density at radius 3 is 1.97 bits per heavy atom. The minimum absolute atomic E-state index is 0.0438. The van der Waals surface area contributed by atoms with Crippen LogP contribution < -0.4 is 19.3 Å². The van der Waals surface area contributed by atoms with Crippen LogP contribution in [0.4, 0.5) is 24.5 Å². The molecule has 0 aliphatic carbocycles. The van der Waals surface area contributed by atoms with Gasteiger partial charge < -0.3 is 14.4 Å². The first-order chi connectivity index (χ1) is 15.2. The largest absolute Gasteiger partial charge is 0.573 e. The number of hydrogen-bond acceptors (Lipinski definition) is 6. The lowest BCUT2D eigenvalue weighted by molar-refractivity contribution is -0.274. The molecule has 0 radical (unpaired) electrons. The highest BCUT2D eigenvalue weighted by molar-refractivity contribution is 6.22. The van der Waals surface area contributed by atoms with Crippen LogP contribution in [0.1, 0.15) is 6.42 Å². The SMILES string of the molecule is COc1ccc(N2CCN(C3CC(=O)N(c4ccc(OC(F)(F)F)cc4)C3=O)CC2)cc1. The molecule has 2 saturated heterocycles. The Balaban J connectivity index is 1.39. The second-order valence-electron chi connectivity index (χ2n) is 7.55. The molecule has 1 atom stereocenters. The number of methoxy groups -OCH3 is 1. The molecule has 10 heteroatoms. The van der Waals surface area contributed by atoms with Crippen LogP contribution in [0.3, 0.4) is 0 Å². The minimum atomic E-state index is -4.81. The number of imide groups is 1. The standard InChI is InChI=1S/C22H22F3N3O4/c1-31-17-6-2-15(3-7-17)26-10-12-27(13-11-26)19-14-20(29)28(21(19)30)16-4-8-18(9-5-16)32-22(23,24)25/h2-9,19H,10-14H2,1H3. The lowest BCUT2D eigenvalue weighted by atomic mass is 10.1. The molecule has 2 aromatic rings. The zero-order chi connectivity index (χ0) is 22.9. The summed E-state index contributed by atoms with van der Waals surface area (Å²) in [7, 11) is 1.61. The molecule has 0 spiro atoms. The maximum atomic E-state index is 13.0. The topological polar surface area (TPSA) is 62.3 Å². The van der Waals surface area contributed by atoms with Crippen molar-refractivity contribution in [3.8, 4) is 11.5 Å². The molecule has 4 rings (SSSR count). The van der Waals surface area contributed by atoms with E-state index in [0.717, 1.165) is 28.5 Å². The molecule has 2 aromatic carbocycles.